The zero-order valence-corrected chi connectivity index (χ0v) is 9.99. The summed E-state index contributed by atoms with van der Waals surface area (Å²) in [7, 11) is 1.69. The number of anilines is 1. The Hall–Kier alpha value is -0.680. The van der Waals surface area contributed by atoms with Crippen molar-refractivity contribution in [2.45, 2.75) is 6.92 Å². The first-order chi connectivity index (χ1) is 6.77. The number of aromatic nitrogens is 2. The molecule has 0 aliphatic carbocycles. The van der Waals surface area contributed by atoms with E-state index in [4.69, 9.17) is 4.74 Å². The van der Waals surface area contributed by atoms with Gasteiger partial charge < -0.3 is 9.64 Å². The average Bonchev–Trinajstić information content (AvgIpc) is 2.21. The second kappa shape index (κ2) is 5.93. The number of hydrogen-bond acceptors (Lipinski definition) is 4. The highest BCUT2D eigenvalue weighted by Crippen LogP contribution is 2.10. The minimum absolute atomic E-state index is 0.688. The van der Waals surface area contributed by atoms with Gasteiger partial charge in [0.2, 0.25) is 5.95 Å². The molecule has 0 fully saturated rings. The SMILES string of the molecule is CCN(CCOC)c1ncc(Br)cn1. The maximum Gasteiger partial charge on any atom is 0.225 e. The third-order valence-electron chi connectivity index (χ3n) is 1.84. The lowest BCUT2D eigenvalue weighted by Crippen LogP contribution is -2.28. The van der Waals surface area contributed by atoms with Crippen LogP contribution in [0, 0.1) is 0 Å². The standard InChI is InChI=1S/C9H14BrN3O/c1-3-13(4-5-14-2)9-11-6-8(10)7-12-9/h6-7H,3-5H2,1-2H3. The van der Waals surface area contributed by atoms with Crippen LogP contribution in [0.4, 0.5) is 5.95 Å². The van der Waals surface area contributed by atoms with Crippen LogP contribution in [0.1, 0.15) is 6.92 Å². The lowest BCUT2D eigenvalue weighted by atomic mass is 10.5. The fourth-order valence-corrected chi connectivity index (χ4v) is 1.27. The first-order valence-electron chi connectivity index (χ1n) is 4.49. The van der Waals surface area contributed by atoms with Crippen molar-refractivity contribution in [2.24, 2.45) is 0 Å². The van der Waals surface area contributed by atoms with Gasteiger partial charge in [-0.2, -0.15) is 0 Å². The van der Waals surface area contributed by atoms with Gasteiger partial charge in [0.1, 0.15) is 0 Å². The Morgan fingerprint density at radius 1 is 1.43 bits per heavy atom. The molecule has 0 spiro atoms. The first kappa shape index (κ1) is 11.4. The quantitative estimate of drug-likeness (QED) is 0.807. The molecule has 0 atom stereocenters. The van der Waals surface area contributed by atoms with Gasteiger partial charge in [-0.25, -0.2) is 9.97 Å². The van der Waals surface area contributed by atoms with Crippen molar-refractivity contribution in [3.63, 3.8) is 0 Å². The molecular weight excluding hydrogens is 246 g/mol. The van der Waals surface area contributed by atoms with Crippen LogP contribution in [0.25, 0.3) is 0 Å². The van der Waals surface area contributed by atoms with Crippen molar-refractivity contribution >= 4 is 21.9 Å². The largest absolute Gasteiger partial charge is 0.383 e. The van der Waals surface area contributed by atoms with Crippen LogP contribution in [-0.2, 0) is 4.74 Å². The summed E-state index contributed by atoms with van der Waals surface area (Å²) < 4.78 is 5.91. The molecule has 0 saturated heterocycles. The third kappa shape index (κ3) is 3.23. The van der Waals surface area contributed by atoms with E-state index in [1.807, 2.05) is 0 Å². The molecule has 0 unspecified atom stereocenters. The molecule has 0 aliphatic rings. The molecule has 14 heavy (non-hydrogen) atoms. The number of likely N-dealkylation sites (N-methyl/N-ethyl adjacent to an activating group) is 1. The van der Waals surface area contributed by atoms with Crippen LogP contribution in [0.3, 0.4) is 0 Å². The summed E-state index contributed by atoms with van der Waals surface area (Å²) in [5, 5.41) is 0. The van der Waals surface area contributed by atoms with Gasteiger partial charge in [0.15, 0.2) is 0 Å². The van der Waals surface area contributed by atoms with Crippen LogP contribution in [0.5, 0.6) is 0 Å². The van der Waals surface area contributed by atoms with Gasteiger partial charge in [0.05, 0.1) is 11.1 Å². The summed E-state index contributed by atoms with van der Waals surface area (Å²) in [6.45, 7) is 4.45. The van der Waals surface area contributed by atoms with E-state index in [2.05, 4.69) is 37.7 Å². The van der Waals surface area contributed by atoms with Gasteiger partial charge in [-0.15, -0.1) is 0 Å². The van der Waals surface area contributed by atoms with E-state index in [-0.39, 0.29) is 0 Å². The lowest BCUT2D eigenvalue weighted by molar-refractivity contribution is 0.205. The molecule has 0 amide bonds. The Bertz CT molecular complexity index is 265. The summed E-state index contributed by atoms with van der Waals surface area (Å²) in [6.07, 6.45) is 3.50. The van der Waals surface area contributed by atoms with Gasteiger partial charge in [0, 0.05) is 32.6 Å². The summed E-state index contributed by atoms with van der Waals surface area (Å²) in [6, 6.07) is 0. The number of halogens is 1. The maximum absolute atomic E-state index is 5.01. The van der Waals surface area contributed by atoms with Crippen LogP contribution in [-0.4, -0.2) is 36.8 Å². The van der Waals surface area contributed by atoms with Gasteiger partial charge in [-0.1, -0.05) is 0 Å². The number of methoxy groups -OCH3 is 1. The lowest BCUT2D eigenvalue weighted by Gasteiger charge is -2.19. The van der Waals surface area contributed by atoms with Crippen molar-refractivity contribution < 1.29 is 4.74 Å². The highest BCUT2D eigenvalue weighted by Gasteiger charge is 2.05. The monoisotopic (exact) mass is 259 g/mol. The molecule has 0 N–H and O–H groups in total. The molecule has 5 heteroatoms. The van der Waals surface area contributed by atoms with Gasteiger partial charge >= 0.3 is 0 Å². The van der Waals surface area contributed by atoms with Crippen molar-refractivity contribution in [3.05, 3.63) is 16.9 Å². The average molecular weight is 260 g/mol. The summed E-state index contributed by atoms with van der Waals surface area (Å²) in [4.78, 5) is 10.5. The Morgan fingerprint density at radius 2 is 2.07 bits per heavy atom. The molecule has 0 bridgehead atoms. The zero-order valence-electron chi connectivity index (χ0n) is 8.40. The molecular formula is C9H14BrN3O. The van der Waals surface area contributed by atoms with Crippen molar-refractivity contribution in [3.8, 4) is 0 Å². The van der Waals surface area contributed by atoms with Gasteiger partial charge in [0.25, 0.3) is 0 Å². The number of hydrogen-bond donors (Lipinski definition) is 0. The molecule has 0 aromatic carbocycles. The van der Waals surface area contributed by atoms with Crippen LogP contribution in [0.15, 0.2) is 16.9 Å². The Balaban J connectivity index is 2.64. The molecule has 4 nitrogen and oxygen atoms in total. The Kier molecular flexibility index (Phi) is 4.82. The molecule has 0 saturated carbocycles. The minimum Gasteiger partial charge on any atom is -0.383 e. The number of ether oxygens (including phenoxy) is 1. The predicted molar refractivity (Wildman–Crippen MR) is 59.5 cm³/mol. The summed E-state index contributed by atoms with van der Waals surface area (Å²) in [5.41, 5.74) is 0. The minimum atomic E-state index is 0.688. The van der Waals surface area contributed by atoms with E-state index < -0.39 is 0 Å². The second-order valence-electron chi connectivity index (χ2n) is 2.77. The van der Waals surface area contributed by atoms with E-state index in [0.29, 0.717) is 6.61 Å². The fraction of sp³-hybridized carbons (Fsp3) is 0.556. The van der Waals surface area contributed by atoms with E-state index in [1.165, 1.54) is 0 Å². The molecule has 78 valence electrons. The molecule has 0 aliphatic heterocycles. The van der Waals surface area contributed by atoms with Crippen LogP contribution < -0.4 is 4.90 Å². The summed E-state index contributed by atoms with van der Waals surface area (Å²) in [5.74, 6) is 0.743. The molecule has 1 rings (SSSR count). The molecule has 1 aromatic heterocycles. The fourth-order valence-electron chi connectivity index (χ4n) is 1.07. The Morgan fingerprint density at radius 3 is 2.57 bits per heavy atom. The van der Waals surface area contributed by atoms with Crippen molar-refractivity contribution in [1.29, 1.82) is 0 Å². The topological polar surface area (TPSA) is 38.2 Å². The number of rotatable bonds is 5. The van der Waals surface area contributed by atoms with E-state index in [0.717, 1.165) is 23.5 Å². The second-order valence-corrected chi connectivity index (χ2v) is 3.69. The van der Waals surface area contributed by atoms with E-state index in [1.54, 1.807) is 19.5 Å². The van der Waals surface area contributed by atoms with Crippen molar-refractivity contribution in [1.82, 2.24) is 9.97 Å². The van der Waals surface area contributed by atoms with Gasteiger partial charge in [-0.3, -0.25) is 0 Å². The maximum atomic E-state index is 5.01. The van der Waals surface area contributed by atoms with E-state index >= 15 is 0 Å². The van der Waals surface area contributed by atoms with Crippen LogP contribution >= 0.6 is 15.9 Å². The highest BCUT2D eigenvalue weighted by atomic mass is 79.9. The molecule has 1 aromatic rings. The van der Waals surface area contributed by atoms with Crippen LogP contribution in [0.2, 0.25) is 0 Å². The normalized spacial score (nSPS) is 10.2. The van der Waals surface area contributed by atoms with Crippen molar-refractivity contribution in [2.75, 3.05) is 31.7 Å². The smallest absolute Gasteiger partial charge is 0.225 e. The summed E-state index contributed by atoms with van der Waals surface area (Å²) >= 11 is 3.30. The van der Waals surface area contributed by atoms with E-state index in [9.17, 15) is 0 Å². The number of nitrogens with zero attached hydrogens (tertiary/aromatic N) is 3. The predicted octanol–water partition coefficient (Wildman–Crippen LogP) is 1.71. The third-order valence-corrected chi connectivity index (χ3v) is 2.25. The highest BCUT2D eigenvalue weighted by molar-refractivity contribution is 9.10. The Labute approximate surface area is 92.4 Å². The van der Waals surface area contributed by atoms with Gasteiger partial charge in [-0.05, 0) is 22.9 Å². The zero-order chi connectivity index (χ0) is 10.4. The molecule has 0 radical (unpaired) electrons. The molecule has 1 heterocycles. The first-order valence-corrected chi connectivity index (χ1v) is 5.28.